The van der Waals surface area contributed by atoms with Crippen molar-refractivity contribution in [2.45, 2.75) is 11.6 Å². The van der Waals surface area contributed by atoms with Crippen molar-refractivity contribution < 1.29 is 27.4 Å². The van der Waals surface area contributed by atoms with Crippen molar-refractivity contribution in [3.63, 3.8) is 0 Å². The highest BCUT2D eigenvalue weighted by Crippen LogP contribution is 2.29. The molecule has 0 radical (unpaired) electrons. The van der Waals surface area contributed by atoms with Crippen LogP contribution in [0.2, 0.25) is 0 Å². The van der Waals surface area contributed by atoms with Crippen molar-refractivity contribution in [3.8, 4) is 23.3 Å². The van der Waals surface area contributed by atoms with Gasteiger partial charge in [0, 0.05) is 17.8 Å². The van der Waals surface area contributed by atoms with E-state index in [0.717, 1.165) is 17.6 Å². The third-order valence-electron chi connectivity index (χ3n) is 4.76. The molecule has 0 saturated heterocycles. The number of nitriles is 1. The van der Waals surface area contributed by atoms with Gasteiger partial charge >= 0.3 is 0 Å². The maximum Gasteiger partial charge on any atom is 0.268 e. The van der Waals surface area contributed by atoms with E-state index in [-0.39, 0.29) is 17.3 Å². The zero-order valence-corrected chi connectivity index (χ0v) is 21.8. The van der Waals surface area contributed by atoms with Gasteiger partial charge in [-0.1, -0.05) is 30.3 Å². The first-order valence-corrected chi connectivity index (χ1v) is 13.5. The van der Waals surface area contributed by atoms with Crippen LogP contribution < -0.4 is 19.5 Å². The van der Waals surface area contributed by atoms with E-state index >= 15 is 0 Å². The Labute approximate surface area is 218 Å². The quantitative estimate of drug-likeness (QED) is 0.158. The van der Waals surface area contributed by atoms with Gasteiger partial charge in [-0.2, -0.15) is 14.6 Å². The Morgan fingerprint density at radius 2 is 1.89 bits per heavy atom. The van der Waals surface area contributed by atoms with Gasteiger partial charge in [-0.25, -0.2) is 8.42 Å². The third kappa shape index (κ3) is 7.63. The Morgan fingerprint density at radius 3 is 2.54 bits per heavy atom. The Hall–Kier alpha value is -4.21. The molecule has 0 atom stereocenters. The number of allylic oxidation sites excluding steroid dienone is 1. The topological polar surface area (TPSA) is 140 Å². The molecule has 0 unspecified atom stereocenters. The molecule has 2 aromatic carbocycles. The minimum atomic E-state index is -3.61. The molecule has 1 N–H and O–H groups in total. The van der Waals surface area contributed by atoms with E-state index in [4.69, 9.17) is 14.2 Å². The van der Waals surface area contributed by atoms with E-state index < -0.39 is 20.9 Å². The van der Waals surface area contributed by atoms with Crippen LogP contribution in [0, 0.1) is 11.3 Å². The van der Waals surface area contributed by atoms with Crippen molar-refractivity contribution >= 4 is 38.5 Å². The number of nitrogens with zero attached hydrogens (tertiary/aromatic N) is 3. The zero-order valence-electron chi connectivity index (χ0n) is 20.1. The number of benzene rings is 2. The minimum absolute atomic E-state index is 0.0396. The molecule has 0 bridgehead atoms. The number of rotatable bonds is 12. The summed E-state index contributed by atoms with van der Waals surface area (Å²) in [5, 5.41) is 11.4. The van der Waals surface area contributed by atoms with Crippen LogP contribution in [-0.2, 0) is 21.1 Å². The van der Waals surface area contributed by atoms with Gasteiger partial charge in [0.15, 0.2) is 11.5 Å². The molecule has 1 amide bonds. The predicted octanol–water partition coefficient (Wildman–Crippen LogP) is 3.68. The molecule has 3 aromatic rings. The second kappa shape index (κ2) is 12.7. The zero-order chi connectivity index (χ0) is 26.8. The Bertz CT molecular complexity index is 1460. The number of hydrogen-bond donors (Lipinski definition) is 1. The van der Waals surface area contributed by atoms with Gasteiger partial charge in [0.2, 0.25) is 15.0 Å². The summed E-state index contributed by atoms with van der Waals surface area (Å²) in [6, 6.07) is 14.5. The van der Waals surface area contributed by atoms with Crippen molar-refractivity contribution in [2.24, 2.45) is 0 Å². The molecule has 0 aliphatic carbocycles. The molecule has 192 valence electrons. The largest absolute Gasteiger partial charge is 0.493 e. The van der Waals surface area contributed by atoms with E-state index in [9.17, 15) is 18.5 Å². The smallest absolute Gasteiger partial charge is 0.268 e. The van der Waals surface area contributed by atoms with Crippen LogP contribution in [0.1, 0.15) is 11.1 Å². The number of sulfone groups is 1. The first kappa shape index (κ1) is 27.4. The lowest BCUT2D eigenvalue weighted by Gasteiger charge is -2.13. The van der Waals surface area contributed by atoms with Crippen LogP contribution in [0.4, 0.5) is 5.13 Å². The molecular weight excluding hydrogens is 516 g/mol. The number of amides is 1. The molecule has 1 aromatic heterocycles. The molecule has 12 heteroatoms. The summed E-state index contributed by atoms with van der Waals surface area (Å²) in [6.45, 7) is 4.33. The molecule has 1 heterocycles. The molecule has 10 nitrogen and oxygen atoms in total. The summed E-state index contributed by atoms with van der Waals surface area (Å²) in [5.74, 6) is 0.877. The number of methoxy groups -OCH3 is 1. The number of hydrogen-bond acceptors (Lipinski definition) is 10. The van der Waals surface area contributed by atoms with Crippen LogP contribution in [0.25, 0.3) is 6.08 Å². The first-order chi connectivity index (χ1) is 17.7. The molecule has 37 heavy (non-hydrogen) atoms. The Morgan fingerprint density at radius 1 is 1.16 bits per heavy atom. The van der Waals surface area contributed by atoms with Crippen LogP contribution in [0.15, 0.2) is 65.8 Å². The van der Waals surface area contributed by atoms with E-state index in [0.29, 0.717) is 41.6 Å². The molecular formula is C25H24N4O6S2. The maximum atomic E-state index is 12.5. The number of carbonyl (C=O) groups is 1. The highest BCUT2D eigenvalue weighted by atomic mass is 32.2. The summed E-state index contributed by atoms with van der Waals surface area (Å²) in [6.07, 6.45) is 4.83. The van der Waals surface area contributed by atoms with Crippen molar-refractivity contribution in [1.29, 1.82) is 5.26 Å². The van der Waals surface area contributed by atoms with Gasteiger partial charge in [-0.3, -0.25) is 10.1 Å². The summed E-state index contributed by atoms with van der Waals surface area (Å²) >= 11 is 0.698. The van der Waals surface area contributed by atoms with E-state index in [1.165, 1.54) is 13.2 Å². The molecule has 0 aliphatic rings. The number of para-hydroxylation sites is 1. The van der Waals surface area contributed by atoms with Crippen molar-refractivity contribution in [1.82, 2.24) is 9.36 Å². The number of aromatic nitrogens is 2. The van der Waals surface area contributed by atoms with Crippen LogP contribution in [0.5, 0.6) is 17.2 Å². The summed E-state index contributed by atoms with van der Waals surface area (Å²) in [4.78, 5) is 16.2. The molecule has 3 rings (SSSR count). The van der Waals surface area contributed by atoms with Gasteiger partial charge in [-0.05, 0) is 41.8 Å². The van der Waals surface area contributed by atoms with E-state index in [2.05, 4.69) is 21.3 Å². The Balaban J connectivity index is 1.64. The van der Waals surface area contributed by atoms with Gasteiger partial charge in [-0.15, -0.1) is 6.58 Å². The first-order valence-electron chi connectivity index (χ1n) is 10.8. The average Bonchev–Trinajstić information content (AvgIpc) is 3.35. The average molecular weight is 541 g/mol. The summed E-state index contributed by atoms with van der Waals surface area (Å²) in [7, 11) is -2.13. The Kier molecular flexibility index (Phi) is 9.37. The second-order valence-electron chi connectivity index (χ2n) is 7.49. The lowest BCUT2D eigenvalue weighted by molar-refractivity contribution is -0.112. The number of ether oxygens (including phenoxy) is 3. The van der Waals surface area contributed by atoms with Gasteiger partial charge in [0.25, 0.3) is 11.1 Å². The minimum Gasteiger partial charge on any atom is -0.493 e. The highest BCUT2D eigenvalue weighted by molar-refractivity contribution is 7.90. The number of anilines is 1. The maximum absolute atomic E-state index is 12.5. The molecule has 0 aliphatic heterocycles. The predicted molar refractivity (Wildman–Crippen MR) is 140 cm³/mol. The second-order valence-corrected chi connectivity index (χ2v) is 10.1. The normalized spacial score (nSPS) is 11.3. The van der Waals surface area contributed by atoms with Crippen LogP contribution >= 0.6 is 11.5 Å². The lowest BCUT2D eigenvalue weighted by atomic mass is 10.1. The van der Waals surface area contributed by atoms with Gasteiger partial charge < -0.3 is 14.2 Å². The van der Waals surface area contributed by atoms with Crippen molar-refractivity contribution in [3.05, 3.63) is 71.8 Å². The highest BCUT2D eigenvalue weighted by Gasteiger charge is 2.18. The van der Waals surface area contributed by atoms with Crippen LogP contribution in [-0.4, -0.2) is 50.3 Å². The standard InChI is InChI=1S/C25H24N4O6S2/c1-4-7-18-8-5-6-9-20(18)34-12-13-35-21-11-10-17(15-22(21)33-2)14-19(16-26)23(30)27-24-28-25(29-36-24)37(3,31)32/h4-6,8-11,14-15H,1,7,12-13H2,2-3H3,(H,27,28,29,30)/b19-14-. The summed E-state index contributed by atoms with van der Waals surface area (Å²) in [5.41, 5.74) is 1.32. The monoisotopic (exact) mass is 540 g/mol. The van der Waals surface area contributed by atoms with Crippen LogP contribution in [0.3, 0.4) is 0 Å². The molecule has 0 saturated carbocycles. The van der Waals surface area contributed by atoms with Crippen molar-refractivity contribution in [2.75, 3.05) is 31.9 Å². The van der Waals surface area contributed by atoms with E-state index in [1.54, 1.807) is 18.2 Å². The molecule has 0 spiro atoms. The fraction of sp³-hybridized carbons (Fsp3) is 0.200. The number of nitrogens with one attached hydrogen (secondary N) is 1. The van der Waals surface area contributed by atoms with E-state index in [1.807, 2.05) is 36.4 Å². The number of carbonyl (C=O) groups excluding carboxylic acids is 1. The van der Waals surface area contributed by atoms with Gasteiger partial charge in [0.1, 0.15) is 30.6 Å². The summed E-state index contributed by atoms with van der Waals surface area (Å²) < 4.78 is 43.7. The fourth-order valence-electron chi connectivity index (χ4n) is 3.06. The molecule has 0 fully saturated rings. The SMILES string of the molecule is C=CCc1ccccc1OCCOc1ccc(/C=C(/C#N)C(=O)Nc2nc(S(C)(=O)=O)ns2)cc1OC. The fourth-order valence-corrected chi connectivity index (χ4v) is 4.50. The van der Waals surface area contributed by atoms with Gasteiger partial charge in [0.05, 0.1) is 7.11 Å². The lowest BCUT2D eigenvalue weighted by Crippen LogP contribution is -2.13. The third-order valence-corrected chi connectivity index (χ3v) is 6.35.